The van der Waals surface area contributed by atoms with Gasteiger partial charge in [-0.3, -0.25) is 14.5 Å². The Morgan fingerprint density at radius 3 is 2.96 bits per heavy atom. The van der Waals surface area contributed by atoms with Crippen LogP contribution in [0.25, 0.3) is 0 Å². The third kappa shape index (κ3) is 3.16. The summed E-state index contributed by atoms with van der Waals surface area (Å²) in [6, 6.07) is 3.26. The van der Waals surface area contributed by atoms with Gasteiger partial charge in [-0.05, 0) is 18.1 Å². The number of rotatable bonds is 4. The SMILES string of the molecule is CC(C)C1Oc2ccc(N)nc2N(CC(=O)Nc2nccs2)C1=O. The maximum atomic E-state index is 12.7. The molecule has 2 aromatic heterocycles. The van der Waals surface area contributed by atoms with Gasteiger partial charge in [0.2, 0.25) is 5.91 Å². The summed E-state index contributed by atoms with van der Waals surface area (Å²) in [6.07, 6.45) is 0.919. The molecule has 24 heavy (non-hydrogen) atoms. The van der Waals surface area contributed by atoms with E-state index >= 15 is 0 Å². The summed E-state index contributed by atoms with van der Waals surface area (Å²) in [5.41, 5.74) is 5.71. The molecule has 1 unspecified atom stereocenters. The van der Waals surface area contributed by atoms with Gasteiger partial charge in [0.25, 0.3) is 5.91 Å². The van der Waals surface area contributed by atoms with Crippen LogP contribution >= 0.6 is 11.3 Å². The summed E-state index contributed by atoms with van der Waals surface area (Å²) >= 11 is 1.30. The Kier molecular flexibility index (Phi) is 4.34. The Morgan fingerprint density at radius 2 is 2.29 bits per heavy atom. The summed E-state index contributed by atoms with van der Waals surface area (Å²) in [5.74, 6) is 0.213. The molecule has 0 saturated carbocycles. The molecular weight excluding hydrogens is 330 g/mol. The number of amides is 2. The van der Waals surface area contributed by atoms with Crippen molar-refractivity contribution < 1.29 is 14.3 Å². The number of hydrogen-bond donors (Lipinski definition) is 2. The first kappa shape index (κ1) is 16.2. The third-order valence-electron chi connectivity index (χ3n) is 3.47. The van der Waals surface area contributed by atoms with Crippen LogP contribution in [0.2, 0.25) is 0 Å². The number of nitrogens with two attached hydrogens (primary N) is 1. The molecule has 2 amide bonds. The van der Waals surface area contributed by atoms with Crippen molar-refractivity contribution >= 4 is 39.9 Å². The minimum atomic E-state index is -0.671. The molecule has 0 fully saturated rings. The summed E-state index contributed by atoms with van der Waals surface area (Å²) < 4.78 is 5.73. The lowest BCUT2D eigenvalue weighted by Crippen LogP contribution is -2.51. The standard InChI is InChI=1S/C15H17N5O3S/c1-8(2)12-14(22)20(7-11(21)19-15-17-5-6-24-15)13-9(23-12)3-4-10(16)18-13/h3-6,8,12H,7H2,1-2H3,(H2,16,18)(H,17,19,21). The number of ether oxygens (including phenoxy) is 1. The molecule has 0 radical (unpaired) electrons. The van der Waals surface area contributed by atoms with Gasteiger partial charge in [0.05, 0.1) is 0 Å². The number of thiazole rings is 1. The van der Waals surface area contributed by atoms with E-state index in [-0.39, 0.29) is 35.9 Å². The number of carbonyl (C=O) groups excluding carboxylic acids is 2. The minimum Gasteiger partial charge on any atom is -0.476 e. The molecule has 1 atom stereocenters. The third-order valence-corrected chi connectivity index (χ3v) is 4.15. The quantitative estimate of drug-likeness (QED) is 0.867. The van der Waals surface area contributed by atoms with E-state index in [0.717, 1.165) is 0 Å². The zero-order valence-electron chi connectivity index (χ0n) is 13.2. The molecule has 126 valence electrons. The minimum absolute atomic E-state index is 0.0484. The second-order valence-corrected chi connectivity index (χ2v) is 6.54. The van der Waals surface area contributed by atoms with Gasteiger partial charge in [-0.25, -0.2) is 9.97 Å². The normalized spacial score (nSPS) is 16.7. The van der Waals surface area contributed by atoms with Gasteiger partial charge in [-0.2, -0.15) is 0 Å². The molecule has 8 nitrogen and oxygen atoms in total. The van der Waals surface area contributed by atoms with E-state index in [2.05, 4.69) is 15.3 Å². The van der Waals surface area contributed by atoms with Crippen molar-refractivity contribution in [2.45, 2.75) is 20.0 Å². The van der Waals surface area contributed by atoms with Gasteiger partial charge in [-0.1, -0.05) is 13.8 Å². The monoisotopic (exact) mass is 347 g/mol. The number of anilines is 3. The van der Waals surface area contributed by atoms with Gasteiger partial charge in [0.15, 0.2) is 22.8 Å². The van der Waals surface area contributed by atoms with Gasteiger partial charge in [0, 0.05) is 11.6 Å². The Morgan fingerprint density at radius 1 is 1.50 bits per heavy atom. The molecule has 0 aromatic carbocycles. The molecule has 2 aromatic rings. The smallest absolute Gasteiger partial charge is 0.270 e. The van der Waals surface area contributed by atoms with Crippen molar-refractivity contribution in [2.24, 2.45) is 5.92 Å². The molecule has 1 aliphatic heterocycles. The van der Waals surface area contributed by atoms with Crippen LogP contribution in [0, 0.1) is 5.92 Å². The van der Waals surface area contributed by atoms with Crippen molar-refractivity contribution in [3.8, 4) is 5.75 Å². The highest BCUT2D eigenvalue weighted by Gasteiger charge is 2.38. The Bertz CT molecular complexity index is 762. The van der Waals surface area contributed by atoms with E-state index in [0.29, 0.717) is 10.9 Å². The van der Waals surface area contributed by atoms with Crippen molar-refractivity contribution in [2.75, 3.05) is 22.5 Å². The van der Waals surface area contributed by atoms with E-state index < -0.39 is 6.10 Å². The highest BCUT2D eigenvalue weighted by molar-refractivity contribution is 7.13. The van der Waals surface area contributed by atoms with E-state index in [1.807, 2.05) is 13.8 Å². The fraction of sp³-hybridized carbons (Fsp3) is 0.333. The van der Waals surface area contributed by atoms with Crippen molar-refractivity contribution in [1.82, 2.24) is 9.97 Å². The lowest BCUT2D eigenvalue weighted by atomic mass is 10.0. The fourth-order valence-electron chi connectivity index (χ4n) is 2.34. The number of nitrogens with zero attached hydrogens (tertiary/aromatic N) is 3. The summed E-state index contributed by atoms with van der Waals surface area (Å²) in [5, 5.41) is 4.88. The molecule has 0 bridgehead atoms. The molecule has 3 rings (SSSR count). The predicted octanol–water partition coefficient (Wildman–Crippen LogP) is 1.51. The summed E-state index contributed by atoms with van der Waals surface area (Å²) in [7, 11) is 0. The zero-order valence-corrected chi connectivity index (χ0v) is 14.0. The number of fused-ring (bicyclic) bond motifs is 1. The van der Waals surface area contributed by atoms with Crippen LogP contribution in [-0.2, 0) is 9.59 Å². The number of hydrogen-bond acceptors (Lipinski definition) is 7. The van der Waals surface area contributed by atoms with Crippen LogP contribution in [0.5, 0.6) is 5.75 Å². The molecule has 9 heteroatoms. The van der Waals surface area contributed by atoms with Crippen molar-refractivity contribution in [3.63, 3.8) is 0 Å². The van der Waals surface area contributed by atoms with Crippen LogP contribution in [0.1, 0.15) is 13.8 Å². The van der Waals surface area contributed by atoms with Crippen LogP contribution in [0.3, 0.4) is 0 Å². The zero-order chi connectivity index (χ0) is 17.3. The molecular formula is C15H17N5O3S. The fourth-order valence-corrected chi connectivity index (χ4v) is 2.89. The largest absolute Gasteiger partial charge is 0.476 e. The molecule has 0 spiro atoms. The van der Waals surface area contributed by atoms with Gasteiger partial charge >= 0.3 is 0 Å². The van der Waals surface area contributed by atoms with E-state index in [1.165, 1.54) is 16.2 Å². The van der Waals surface area contributed by atoms with Crippen molar-refractivity contribution in [1.29, 1.82) is 0 Å². The predicted molar refractivity (Wildman–Crippen MR) is 91.0 cm³/mol. The van der Waals surface area contributed by atoms with Crippen LogP contribution < -0.4 is 20.7 Å². The molecule has 1 aliphatic rings. The number of carbonyl (C=O) groups is 2. The number of aromatic nitrogens is 2. The van der Waals surface area contributed by atoms with E-state index in [4.69, 9.17) is 10.5 Å². The van der Waals surface area contributed by atoms with Crippen molar-refractivity contribution in [3.05, 3.63) is 23.7 Å². The average Bonchev–Trinajstić information content (AvgIpc) is 3.02. The second kappa shape index (κ2) is 6.44. The molecule has 3 heterocycles. The van der Waals surface area contributed by atoms with Gasteiger partial charge in [-0.15, -0.1) is 11.3 Å². The first-order chi connectivity index (χ1) is 11.5. The highest BCUT2D eigenvalue weighted by Crippen LogP contribution is 2.34. The molecule has 0 aliphatic carbocycles. The maximum Gasteiger partial charge on any atom is 0.270 e. The van der Waals surface area contributed by atoms with Crippen LogP contribution in [0.15, 0.2) is 23.7 Å². The lowest BCUT2D eigenvalue weighted by Gasteiger charge is -2.34. The number of nitrogen functional groups attached to an aromatic ring is 1. The lowest BCUT2D eigenvalue weighted by molar-refractivity contribution is -0.129. The Balaban J connectivity index is 1.87. The van der Waals surface area contributed by atoms with E-state index in [1.54, 1.807) is 23.7 Å². The van der Waals surface area contributed by atoms with Crippen LogP contribution in [-0.4, -0.2) is 34.4 Å². The average molecular weight is 347 g/mol. The van der Waals surface area contributed by atoms with Crippen LogP contribution in [0.4, 0.5) is 16.8 Å². The summed E-state index contributed by atoms with van der Waals surface area (Å²) in [4.78, 5) is 34.4. The molecule has 0 saturated heterocycles. The first-order valence-electron chi connectivity index (χ1n) is 7.39. The van der Waals surface area contributed by atoms with Gasteiger partial charge < -0.3 is 15.8 Å². The first-order valence-corrected chi connectivity index (χ1v) is 8.27. The summed E-state index contributed by atoms with van der Waals surface area (Å²) in [6.45, 7) is 3.58. The highest BCUT2D eigenvalue weighted by atomic mass is 32.1. The van der Waals surface area contributed by atoms with Gasteiger partial charge in [0.1, 0.15) is 12.4 Å². The number of nitrogens with one attached hydrogen (secondary N) is 1. The topological polar surface area (TPSA) is 110 Å². The second-order valence-electron chi connectivity index (χ2n) is 5.65. The maximum absolute atomic E-state index is 12.7. The van der Waals surface area contributed by atoms with E-state index in [9.17, 15) is 9.59 Å². The number of pyridine rings is 1. The Labute approximate surface area is 142 Å². The molecule has 3 N–H and O–H groups in total. The Hall–Kier alpha value is -2.68.